The number of hydrogen-bond donors (Lipinski definition) is 2. The average molecular weight is 612 g/mol. The second-order valence-corrected chi connectivity index (χ2v) is 12.5. The molecule has 0 saturated heterocycles. The van der Waals surface area contributed by atoms with Crippen molar-refractivity contribution in [2.45, 2.75) is 87.2 Å². The van der Waals surface area contributed by atoms with Crippen molar-refractivity contribution in [2.75, 3.05) is 19.8 Å². The smallest absolute Gasteiger partial charge is 0.167 e. The molecule has 0 aliphatic rings. The first-order valence-corrected chi connectivity index (χ1v) is 16.1. The highest BCUT2D eigenvalue weighted by Gasteiger charge is 2.20. The third-order valence-electron chi connectivity index (χ3n) is 8.30. The van der Waals surface area contributed by atoms with E-state index < -0.39 is 6.10 Å². The number of rotatable bonds is 14. The highest BCUT2D eigenvalue weighted by atomic mass is 16.5. The molecule has 0 amide bonds. The van der Waals surface area contributed by atoms with E-state index in [4.69, 9.17) is 24.4 Å². The highest BCUT2D eigenvalue weighted by molar-refractivity contribution is 5.74. The maximum atomic E-state index is 11.2. The highest BCUT2D eigenvalue weighted by Crippen LogP contribution is 2.35. The van der Waals surface area contributed by atoms with Gasteiger partial charge in [-0.05, 0) is 88.3 Å². The Hall–Kier alpha value is -3.81. The molecular formula is C38H49N3O4. The number of phenols is 1. The maximum absolute atomic E-state index is 11.2. The zero-order valence-corrected chi connectivity index (χ0v) is 28.2. The number of benzene rings is 3. The van der Waals surface area contributed by atoms with Crippen LogP contribution in [-0.4, -0.2) is 51.1 Å². The lowest BCUT2D eigenvalue weighted by molar-refractivity contribution is -0.00111. The number of aromatic nitrogens is 3. The summed E-state index contributed by atoms with van der Waals surface area (Å²) in [6.07, 6.45) is 3.80. The van der Waals surface area contributed by atoms with E-state index in [1.165, 1.54) is 30.0 Å². The van der Waals surface area contributed by atoms with Gasteiger partial charge in [-0.15, -0.1) is 0 Å². The quantitative estimate of drug-likeness (QED) is 0.148. The van der Waals surface area contributed by atoms with Crippen LogP contribution in [0.4, 0.5) is 0 Å². The Kier molecular flexibility index (Phi) is 11.7. The van der Waals surface area contributed by atoms with Crippen LogP contribution in [0.15, 0.2) is 42.5 Å². The van der Waals surface area contributed by atoms with Crippen molar-refractivity contribution in [3.05, 3.63) is 75.8 Å². The van der Waals surface area contributed by atoms with Crippen LogP contribution in [0.2, 0.25) is 0 Å². The Balaban J connectivity index is 1.61. The lowest BCUT2D eigenvalue weighted by atomic mass is 9.97. The van der Waals surface area contributed by atoms with Gasteiger partial charge in [0.05, 0.1) is 12.2 Å². The van der Waals surface area contributed by atoms with Gasteiger partial charge in [-0.2, -0.15) is 0 Å². The number of phenolic OH excluding ortho intramolecular Hbond substituents is 1. The molecular weight excluding hydrogens is 562 g/mol. The minimum Gasteiger partial charge on any atom is -0.507 e. The van der Waals surface area contributed by atoms with E-state index in [2.05, 4.69) is 79.7 Å². The Morgan fingerprint density at radius 2 is 1.22 bits per heavy atom. The molecule has 7 heteroatoms. The molecule has 0 aliphatic heterocycles. The minimum atomic E-state index is -0.772. The van der Waals surface area contributed by atoms with Crippen LogP contribution in [0.1, 0.15) is 72.9 Å². The molecule has 2 atom stereocenters. The van der Waals surface area contributed by atoms with Gasteiger partial charge < -0.3 is 19.7 Å². The summed E-state index contributed by atoms with van der Waals surface area (Å²) < 4.78 is 11.6. The minimum absolute atomic E-state index is 0.0160. The second kappa shape index (κ2) is 15.5. The number of nitrogens with zero attached hydrogens (tertiary/aromatic N) is 3. The van der Waals surface area contributed by atoms with Crippen LogP contribution in [0, 0.1) is 47.5 Å². The average Bonchev–Trinajstić information content (AvgIpc) is 2.96. The molecule has 0 aliphatic carbocycles. The zero-order valence-electron chi connectivity index (χ0n) is 28.2. The lowest BCUT2D eigenvalue weighted by Gasteiger charge is -2.17. The Labute approximate surface area is 268 Å². The molecule has 7 nitrogen and oxygen atoms in total. The van der Waals surface area contributed by atoms with E-state index in [0.29, 0.717) is 41.3 Å². The van der Waals surface area contributed by atoms with Gasteiger partial charge in [0.2, 0.25) is 0 Å². The van der Waals surface area contributed by atoms with Crippen LogP contribution in [-0.2, 0) is 4.74 Å². The Morgan fingerprint density at radius 1 is 0.689 bits per heavy atom. The Bertz CT molecular complexity index is 1500. The molecule has 1 aromatic heterocycles. The fourth-order valence-electron chi connectivity index (χ4n) is 6.09. The fraction of sp³-hybridized carbons (Fsp3) is 0.447. The van der Waals surface area contributed by atoms with Gasteiger partial charge in [0, 0.05) is 23.8 Å². The molecule has 4 rings (SSSR count). The van der Waals surface area contributed by atoms with Gasteiger partial charge in [-0.1, -0.05) is 68.5 Å². The van der Waals surface area contributed by atoms with Crippen molar-refractivity contribution < 1.29 is 19.7 Å². The topological polar surface area (TPSA) is 97.6 Å². The summed E-state index contributed by atoms with van der Waals surface area (Å²) in [4.78, 5) is 14.8. The summed E-state index contributed by atoms with van der Waals surface area (Å²) in [5, 5.41) is 21.6. The lowest BCUT2D eigenvalue weighted by Crippen LogP contribution is -2.25. The molecule has 4 aromatic rings. The van der Waals surface area contributed by atoms with Gasteiger partial charge in [0.15, 0.2) is 17.5 Å². The van der Waals surface area contributed by atoms with E-state index in [1.54, 1.807) is 12.1 Å². The summed E-state index contributed by atoms with van der Waals surface area (Å²) in [6.45, 7) is 17.7. The summed E-state index contributed by atoms with van der Waals surface area (Å²) >= 11 is 0. The van der Waals surface area contributed by atoms with E-state index in [1.807, 2.05) is 0 Å². The molecule has 2 N–H and O–H groups in total. The van der Waals surface area contributed by atoms with Crippen LogP contribution in [0.25, 0.3) is 34.2 Å². The summed E-state index contributed by atoms with van der Waals surface area (Å²) in [7, 11) is 0. The normalized spacial score (nSPS) is 12.7. The van der Waals surface area contributed by atoms with Crippen molar-refractivity contribution >= 4 is 0 Å². The van der Waals surface area contributed by atoms with Crippen LogP contribution in [0.5, 0.6) is 11.5 Å². The van der Waals surface area contributed by atoms with Gasteiger partial charge >= 0.3 is 0 Å². The number of aliphatic hydroxyl groups excluding tert-OH is 1. The zero-order chi connectivity index (χ0) is 32.7. The number of ether oxygens (including phenoxy) is 2. The predicted molar refractivity (Wildman–Crippen MR) is 182 cm³/mol. The van der Waals surface area contributed by atoms with Crippen molar-refractivity contribution in [1.29, 1.82) is 0 Å². The summed E-state index contributed by atoms with van der Waals surface area (Å²) in [5.74, 6) is 2.43. The summed E-state index contributed by atoms with van der Waals surface area (Å²) in [5.41, 5.74) is 9.05. The van der Waals surface area contributed by atoms with Crippen molar-refractivity contribution in [2.24, 2.45) is 5.92 Å². The van der Waals surface area contributed by atoms with Crippen molar-refractivity contribution in [1.82, 2.24) is 15.0 Å². The molecule has 0 radical (unpaired) electrons. The molecule has 3 aromatic carbocycles. The van der Waals surface area contributed by atoms with E-state index in [-0.39, 0.29) is 19.0 Å². The van der Waals surface area contributed by atoms with Gasteiger partial charge in [0.25, 0.3) is 0 Å². The standard InChI is InChI=1S/C38H49N3O4/c1-9-11-12-29(10-2)20-44-21-30(42)22-45-31-13-14-32(33(43)19-31)36-39-37(34-25(5)15-23(3)16-26(34)6)41-38(40-36)35-27(7)17-24(4)18-28(35)8/h13-19,29-30,42-43H,9-12,20-22H2,1-8H3. The first kappa shape index (κ1) is 34.1. The number of unbranched alkanes of at least 4 members (excludes halogenated alkanes) is 1. The third-order valence-corrected chi connectivity index (χ3v) is 8.30. The largest absolute Gasteiger partial charge is 0.507 e. The molecule has 0 fully saturated rings. The van der Waals surface area contributed by atoms with E-state index in [9.17, 15) is 10.2 Å². The predicted octanol–water partition coefficient (Wildman–Crippen LogP) is 8.40. The van der Waals surface area contributed by atoms with E-state index in [0.717, 1.165) is 46.2 Å². The SMILES string of the molecule is CCCCC(CC)COCC(O)COc1ccc(-c2nc(-c3c(C)cc(C)cc3C)nc(-c3c(C)cc(C)cc3C)n2)c(O)c1. The third kappa shape index (κ3) is 8.68. The van der Waals surface area contributed by atoms with Gasteiger partial charge in [-0.3, -0.25) is 0 Å². The number of aliphatic hydroxyl groups is 1. The molecule has 0 spiro atoms. The molecule has 2 unspecified atom stereocenters. The molecule has 0 saturated carbocycles. The summed E-state index contributed by atoms with van der Waals surface area (Å²) in [6, 6.07) is 13.6. The second-order valence-electron chi connectivity index (χ2n) is 12.5. The van der Waals surface area contributed by atoms with Crippen molar-refractivity contribution in [3.63, 3.8) is 0 Å². The van der Waals surface area contributed by atoms with Gasteiger partial charge in [-0.25, -0.2) is 15.0 Å². The molecule has 0 bridgehead atoms. The first-order chi connectivity index (χ1) is 21.5. The first-order valence-electron chi connectivity index (χ1n) is 16.1. The maximum Gasteiger partial charge on any atom is 0.167 e. The molecule has 45 heavy (non-hydrogen) atoms. The molecule has 1 heterocycles. The van der Waals surface area contributed by atoms with Crippen molar-refractivity contribution in [3.8, 4) is 45.7 Å². The van der Waals surface area contributed by atoms with Crippen LogP contribution in [0.3, 0.4) is 0 Å². The number of aromatic hydroxyl groups is 1. The van der Waals surface area contributed by atoms with E-state index >= 15 is 0 Å². The van der Waals surface area contributed by atoms with Gasteiger partial charge in [0.1, 0.15) is 24.2 Å². The Morgan fingerprint density at radius 3 is 1.71 bits per heavy atom. The number of hydrogen-bond acceptors (Lipinski definition) is 7. The number of aryl methyl sites for hydroxylation is 6. The monoisotopic (exact) mass is 611 g/mol. The molecule has 240 valence electrons. The van der Waals surface area contributed by atoms with Crippen LogP contribution < -0.4 is 4.74 Å². The fourth-order valence-corrected chi connectivity index (χ4v) is 6.09. The van der Waals surface area contributed by atoms with Crippen LogP contribution >= 0.6 is 0 Å².